The Morgan fingerprint density at radius 3 is 2.55 bits per heavy atom. The molecule has 0 unspecified atom stereocenters. The van der Waals surface area contributed by atoms with E-state index in [-0.39, 0.29) is 24.1 Å². The van der Waals surface area contributed by atoms with E-state index < -0.39 is 0 Å². The molecule has 0 atom stereocenters. The predicted octanol–water partition coefficient (Wildman–Crippen LogP) is 2.74. The highest BCUT2D eigenvalue weighted by Crippen LogP contribution is 2.33. The number of amides is 1. The fourth-order valence-electron chi connectivity index (χ4n) is 4.19. The van der Waals surface area contributed by atoms with E-state index in [1.807, 2.05) is 54.0 Å². The molecule has 0 fully saturated rings. The molecule has 174 valence electrons. The molecule has 8 heteroatoms. The van der Waals surface area contributed by atoms with Crippen molar-refractivity contribution in [2.45, 2.75) is 39.4 Å². The Hall–Kier alpha value is -3.39. The van der Waals surface area contributed by atoms with E-state index in [1.165, 1.54) is 5.56 Å². The lowest BCUT2D eigenvalue weighted by molar-refractivity contribution is -0.134. The van der Waals surface area contributed by atoms with Crippen molar-refractivity contribution in [3.8, 4) is 11.5 Å². The van der Waals surface area contributed by atoms with E-state index in [0.717, 1.165) is 12.0 Å². The second kappa shape index (κ2) is 9.62. The van der Waals surface area contributed by atoms with Crippen molar-refractivity contribution in [2.24, 2.45) is 0 Å². The zero-order chi connectivity index (χ0) is 23.5. The minimum absolute atomic E-state index is 0.0484. The second-order valence-electron chi connectivity index (χ2n) is 8.57. The predicted molar refractivity (Wildman–Crippen MR) is 127 cm³/mol. The minimum atomic E-state index is -0.164. The van der Waals surface area contributed by atoms with Gasteiger partial charge in [0.15, 0.2) is 11.5 Å². The lowest BCUT2D eigenvalue weighted by Gasteiger charge is -2.33. The summed E-state index contributed by atoms with van der Waals surface area (Å²) < 4.78 is 10.8. The SMILES string of the molecule is COc1cc2c(cc1OC)CN(C(=O)CN(Cc1nc3ccccc3c(=O)[nH]1)C(C)C)CC2. The molecule has 4 rings (SSSR count). The fraction of sp³-hybridized carbons (Fsp3) is 0.400. The molecule has 0 radical (unpaired) electrons. The summed E-state index contributed by atoms with van der Waals surface area (Å²) in [5.41, 5.74) is 2.74. The number of nitrogens with zero attached hydrogens (tertiary/aromatic N) is 3. The number of ether oxygens (including phenoxy) is 2. The molecule has 8 nitrogen and oxygen atoms in total. The molecule has 3 aromatic rings. The van der Waals surface area contributed by atoms with Crippen molar-refractivity contribution in [2.75, 3.05) is 27.3 Å². The lowest BCUT2D eigenvalue weighted by atomic mass is 9.98. The number of nitrogens with one attached hydrogen (secondary N) is 1. The summed E-state index contributed by atoms with van der Waals surface area (Å²) in [6, 6.07) is 11.3. The van der Waals surface area contributed by atoms with Gasteiger partial charge in [0.05, 0.1) is 38.2 Å². The van der Waals surface area contributed by atoms with Crippen LogP contribution in [-0.2, 0) is 24.3 Å². The van der Waals surface area contributed by atoms with E-state index in [4.69, 9.17) is 9.47 Å². The molecule has 0 aliphatic carbocycles. The zero-order valence-corrected chi connectivity index (χ0v) is 19.6. The van der Waals surface area contributed by atoms with Crippen molar-refractivity contribution >= 4 is 16.8 Å². The standard InChI is InChI=1S/C25H30N4O4/c1-16(2)29(14-23-26-20-8-6-5-7-19(20)25(31)27-23)15-24(30)28-10-9-17-11-21(32-3)22(33-4)12-18(17)13-28/h5-8,11-12,16H,9-10,13-15H2,1-4H3,(H,26,27,31). The van der Waals surface area contributed by atoms with Gasteiger partial charge in [-0.1, -0.05) is 12.1 Å². The van der Waals surface area contributed by atoms with Gasteiger partial charge in [0, 0.05) is 19.1 Å². The van der Waals surface area contributed by atoms with Gasteiger partial charge in [0.25, 0.3) is 5.56 Å². The van der Waals surface area contributed by atoms with Crippen LogP contribution >= 0.6 is 0 Å². The summed E-state index contributed by atoms with van der Waals surface area (Å²) in [5, 5.41) is 0.562. The van der Waals surface area contributed by atoms with E-state index >= 15 is 0 Å². The number of H-pyrrole nitrogens is 1. The number of methoxy groups -OCH3 is 2. The molecule has 1 N–H and O–H groups in total. The number of aromatic amines is 1. The number of rotatable bonds is 7. The maximum Gasteiger partial charge on any atom is 0.258 e. The van der Waals surface area contributed by atoms with Crippen LogP contribution in [0, 0.1) is 0 Å². The molecular formula is C25H30N4O4. The summed E-state index contributed by atoms with van der Waals surface area (Å²) in [6.45, 7) is 5.89. The molecule has 2 aromatic carbocycles. The first-order valence-corrected chi connectivity index (χ1v) is 11.1. The van der Waals surface area contributed by atoms with Crippen LogP contribution in [0.4, 0.5) is 0 Å². The van der Waals surface area contributed by atoms with Crippen LogP contribution in [0.5, 0.6) is 11.5 Å². The Morgan fingerprint density at radius 1 is 1.15 bits per heavy atom. The minimum Gasteiger partial charge on any atom is -0.493 e. The van der Waals surface area contributed by atoms with Crippen molar-refractivity contribution in [1.82, 2.24) is 19.8 Å². The van der Waals surface area contributed by atoms with Gasteiger partial charge < -0.3 is 19.4 Å². The highest BCUT2D eigenvalue weighted by atomic mass is 16.5. The highest BCUT2D eigenvalue weighted by molar-refractivity contribution is 5.79. The van der Waals surface area contributed by atoms with Gasteiger partial charge in [-0.2, -0.15) is 0 Å². The molecule has 2 heterocycles. The first-order chi connectivity index (χ1) is 15.9. The van der Waals surface area contributed by atoms with Crippen LogP contribution in [0.15, 0.2) is 41.2 Å². The normalized spacial score (nSPS) is 13.5. The summed E-state index contributed by atoms with van der Waals surface area (Å²) in [6.07, 6.45) is 0.767. The maximum atomic E-state index is 13.2. The quantitative estimate of drug-likeness (QED) is 0.596. The molecule has 0 saturated heterocycles. The Bertz CT molecular complexity index is 1220. The van der Waals surface area contributed by atoms with Gasteiger partial charge in [0.1, 0.15) is 5.82 Å². The number of hydrogen-bond donors (Lipinski definition) is 1. The Morgan fingerprint density at radius 2 is 1.85 bits per heavy atom. The first kappa shape index (κ1) is 22.8. The third-order valence-electron chi connectivity index (χ3n) is 6.15. The highest BCUT2D eigenvalue weighted by Gasteiger charge is 2.25. The van der Waals surface area contributed by atoms with Crippen LogP contribution in [-0.4, -0.2) is 59.0 Å². The maximum absolute atomic E-state index is 13.2. The third-order valence-corrected chi connectivity index (χ3v) is 6.15. The smallest absolute Gasteiger partial charge is 0.258 e. The van der Waals surface area contributed by atoms with Gasteiger partial charge in [-0.15, -0.1) is 0 Å². The van der Waals surface area contributed by atoms with E-state index in [0.29, 0.717) is 47.9 Å². The van der Waals surface area contributed by atoms with Gasteiger partial charge in [0.2, 0.25) is 5.91 Å². The zero-order valence-electron chi connectivity index (χ0n) is 19.6. The Labute approximate surface area is 193 Å². The van der Waals surface area contributed by atoms with E-state index in [2.05, 4.69) is 9.97 Å². The number of para-hydroxylation sites is 1. The Balaban J connectivity index is 1.49. The molecule has 0 bridgehead atoms. The number of carbonyl (C=O) groups is 1. The molecule has 33 heavy (non-hydrogen) atoms. The van der Waals surface area contributed by atoms with Crippen molar-refractivity contribution in [3.63, 3.8) is 0 Å². The number of fused-ring (bicyclic) bond motifs is 2. The van der Waals surface area contributed by atoms with E-state index in [1.54, 1.807) is 20.3 Å². The lowest BCUT2D eigenvalue weighted by Crippen LogP contribution is -2.44. The van der Waals surface area contributed by atoms with Crippen molar-refractivity contribution in [3.05, 3.63) is 63.7 Å². The number of benzene rings is 2. The fourth-order valence-corrected chi connectivity index (χ4v) is 4.19. The van der Waals surface area contributed by atoms with Gasteiger partial charge in [-0.3, -0.25) is 14.5 Å². The monoisotopic (exact) mass is 450 g/mol. The van der Waals surface area contributed by atoms with Crippen LogP contribution in [0.1, 0.15) is 30.8 Å². The molecular weight excluding hydrogens is 420 g/mol. The summed E-state index contributed by atoms with van der Waals surface area (Å²) >= 11 is 0. The summed E-state index contributed by atoms with van der Waals surface area (Å²) in [5.74, 6) is 1.98. The van der Waals surface area contributed by atoms with Crippen molar-refractivity contribution < 1.29 is 14.3 Å². The van der Waals surface area contributed by atoms with Gasteiger partial charge in [-0.25, -0.2) is 4.98 Å². The second-order valence-corrected chi connectivity index (χ2v) is 8.57. The van der Waals surface area contributed by atoms with Crippen LogP contribution < -0.4 is 15.0 Å². The molecule has 1 aliphatic rings. The molecule has 0 spiro atoms. The summed E-state index contributed by atoms with van der Waals surface area (Å²) in [4.78, 5) is 37.0. The topological polar surface area (TPSA) is 87.8 Å². The molecule has 1 aliphatic heterocycles. The van der Waals surface area contributed by atoms with Crippen LogP contribution in [0.25, 0.3) is 10.9 Å². The molecule has 1 amide bonds. The molecule has 0 saturated carbocycles. The number of carbonyl (C=O) groups excluding carboxylic acids is 1. The summed E-state index contributed by atoms with van der Waals surface area (Å²) in [7, 11) is 3.24. The number of hydrogen-bond acceptors (Lipinski definition) is 6. The third kappa shape index (κ3) is 4.85. The Kier molecular flexibility index (Phi) is 6.65. The number of aromatic nitrogens is 2. The average Bonchev–Trinajstić information content (AvgIpc) is 2.82. The van der Waals surface area contributed by atoms with Gasteiger partial charge >= 0.3 is 0 Å². The van der Waals surface area contributed by atoms with Crippen LogP contribution in [0.3, 0.4) is 0 Å². The average molecular weight is 451 g/mol. The largest absolute Gasteiger partial charge is 0.493 e. The van der Waals surface area contributed by atoms with E-state index in [9.17, 15) is 9.59 Å². The van der Waals surface area contributed by atoms with Gasteiger partial charge in [-0.05, 0) is 55.7 Å². The molecule has 1 aromatic heterocycles. The van der Waals surface area contributed by atoms with Crippen LogP contribution in [0.2, 0.25) is 0 Å². The first-order valence-electron chi connectivity index (χ1n) is 11.1. The van der Waals surface area contributed by atoms with Crippen molar-refractivity contribution in [1.29, 1.82) is 0 Å².